The van der Waals surface area contributed by atoms with Crippen LogP contribution in [0, 0.1) is 5.92 Å². The van der Waals surface area contributed by atoms with Crippen molar-refractivity contribution in [3.8, 4) is 0 Å². The summed E-state index contributed by atoms with van der Waals surface area (Å²) in [5, 5.41) is 6.22. The number of carbonyl (C=O) groups excluding carboxylic acids is 2. The number of unbranched alkanes of at least 4 members (excludes halogenated alkanes) is 1. The predicted octanol–water partition coefficient (Wildman–Crippen LogP) is 5.22. The van der Waals surface area contributed by atoms with Crippen LogP contribution in [0.1, 0.15) is 75.8 Å². The number of nitrogens with zero attached hydrogens (tertiary/aromatic N) is 2. The summed E-state index contributed by atoms with van der Waals surface area (Å²) in [6.45, 7) is 5.60. The molecule has 6 nitrogen and oxygen atoms in total. The van der Waals surface area contributed by atoms with Crippen LogP contribution in [0.5, 0.6) is 0 Å². The van der Waals surface area contributed by atoms with Gasteiger partial charge in [0.2, 0.25) is 11.8 Å². The zero-order valence-corrected chi connectivity index (χ0v) is 25.4. The fraction of sp³-hybridized carbons (Fsp3) is 0.600. The van der Waals surface area contributed by atoms with E-state index in [1.54, 1.807) is 7.05 Å². The Hall–Kier alpha value is -2.70. The van der Waals surface area contributed by atoms with Crippen LogP contribution in [-0.4, -0.2) is 73.0 Å². The van der Waals surface area contributed by atoms with Gasteiger partial charge in [-0.05, 0) is 88.9 Å². The molecule has 1 aliphatic heterocycles. The van der Waals surface area contributed by atoms with Crippen LogP contribution in [0.15, 0.2) is 60.7 Å². The molecule has 1 saturated carbocycles. The van der Waals surface area contributed by atoms with Crippen molar-refractivity contribution in [2.75, 3.05) is 33.2 Å². The van der Waals surface area contributed by atoms with Crippen LogP contribution in [0.4, 0.5) is 0 Å². The van der Waals surface area contributed by atoms with Crippen LogP contribution in [0.3, 0.4) is 0 Å². The second-order valence-electron chi connectivity index (χ2n) is 12.2. The number of benzene rings is 2. The van der Waals surface area contributed by atoms with Crippen molar-refractivity contribution in [3.63, 3.8) is 0 Å². The van der Waals surface area contributed by atoms with Gasteiger partial charge < -0.3 is 20.4 Å². The first kappa shape index (κ1) is 31.2. The number of hydrogen-bond acceptors (Lipinski definition) is 4. The zero-order valence-electron chi connectivity index (χ0n) is 25.4. The van der Waals surface area contributed by atoms with E-state index < -0.39 is 6.04 Å². The third-order valence-electron chi connectivity index (χ3n) is 9.23. The molecule has 0 bridgehead atoms. The average molecular weight is 561 g/mol. The maximum Gasteiger partial charge on any atom is 0.245 e. The van der Waals surface area contributed by atoms with E-state index in [-0.39, 0.29) is 29.8 Å². The van der Waals surface area contributed by atoms with Crippen LogP contribution in [0.2, 0.25) is 0 Å². The molecule has 1 saturated heterocycles. The molecule has 2 aliphatic rings. The van der Waals surface area contributed by atoms with E-state index in [1.807, 2.05) is 6.92 Å². The molecule has 3 unspecified atom stereocenters. The van der Waals surface area contributed by atoms with Gasteiger partial charge >= 0.3 is 0 Å². The number of aryl methyl sites for hydroxylation is 1. The minimum atomic E-state index is -0.414. The van der Waals surface area contributed by atoms with E-state index in [0.717, 1.165) is 84.0 Å². The first-order chi connectivity index (χ1) is 20.0. The maximum absolute atomic E-state index is 14.2. The molecule has 41 heavy (non-hydrogen) atoms. The SMILES string of the molecule is CNC(C)C(=O)NC(C(=O)N1CCCC1CN(CCCCc1ccccc1)CCc1ccccc1)C1CCCCC1. The Morgan fingerprint density at radius 2 is 1.51 bits per heavy atom. The third kappa shape index (κ3) is 9.68. The summed E-state index contributed by atoms with van der Waals surface area (Å²) in [5.74, 6) is 0.302. The molecule has 3 atom stereocenters. The van der Waals surface area contributed by atoms with E-state index >= 15 is 0 Å². The van der Waals surface area contributed by atoms with Gasteiger partial charge in [0.25, 0.3) is 0 Å². The van der Waals surface area contributed by atoms with E-state index in [4.69, 9.17) is 0 Å². The largest absolute Gasteiger partial charge is 0.343 e. The number of nitrogens with one attached hydrogen (secondary N) is 2. The van der Waals surface area contributed by atoms with Gasteiger partial charge in [0.1, 0.15) is 6.04 Å². The summed E-state index contributed by atoms with van der Waals surface area (Å²) < 4.78 is 0. The summed E-state index contributed by atoms with van der Waals surface area (Å²) in [6, 6.07) is 21.0. The Kier molecular flexibility index (Phi) is 12.7. The zero-order chi connectivity index (χ0) is 28.9. The minimum absolute atomic E-state index is 0.0740. The highest BCUT2D eigenvalue weighted by Crippen LogP contribution is 2.29. The molecule has 2 aromatic rings. The minimum Gasteiger partial charge on any atom is -0.343 e. The molecule has 0 spiro atoms. The Morgan fingerprint density at radius 3 is 2.17 bits per heavy atom. The molecule has 0 aromatic heterocycles. The normalized spacial score (nSPS) is 19.3. The Bertz CT molecular complexity index is 1040. The molecule has 2 fully saturated rings. The van der Waals surface area contributed by atoms with E-state index in [0.29, 0.717) is 0 Å². The van der Waals surface area contributed by atoms with Crippen molar-refractivity contribution in [2.24, 2.45) is 5.92 Å². The summed E-state index contributed by atoms with van der Waals surface area (Å²) in [5.41, 5.74) is 2.76. The van der Waals surface area contributed by atoms with Crippen molar-refractivity contribution < 1.29 is 9.59 Å². The fourth-order valence-corrected chi connectivity index (χ4v) is 6.59. The van der Waals surface area contributed by atoms with E-state index in [1.165, 1.54) is 24.0 Å². The monoisotopic (exact) mass is 560 g/mol. The van der Waals surface area contributed by atoms with Crippen LogP contribution in [-0.2, 0) is 22.4 Å². The summed E-state index contributed by atoms with van der Waals surface area (Å²) in [7, 11) is 1.79. The molecule has 2 N–H and O–H groups in total. The van der Waals surface area contributed by atoms with Gasteiger partial charge in [-0.15, -0.1) is 0 Å². The summed E-state index contributed by atoms with van der Waals surface area (Å²) >= 11 is 0. The predicted molar refractivity (Wildman–Crippen MR) is 168 cm³/mol. The van der Waals surface area contributed by atoms with E-state index in [9.17, 15) is 9.59 Å². The summed E-state index contributed by atoms with van der Waals surface area (Å²) in [6.07, 6.45) is 12.1. The molecule has 2 aromatic carbocycles. The molecule has 224 valence electrons. The van der Waals surface area contributed by atoms with Crippen molar-refractivity contribution >= 4 is 11.8 Å². The van der Waals surface area contributed by atoms with Crippen molar-refractivity contribution in [2.45, 2.75) is 95.7 Å². The molecule has 2 amide bonds. The molecular weight excluding hydrogens is 508 g/mol. The lowest BCUT2D eigenvalue weighted by atomic mass is 9.83. The second kappa shape index (κ2) is 16.7. The van der Waals surface area contributed by atoms with Gasteiger partial charge in [0.05, 0.1) is 6.04 Å². The molecular formula is C35H52N4O2. The van der Waals surface area contributed by atoms with Crippen LogP contribution in [0.25, 0.3) is 0 Å². The quantitative estimate of drug-likeness (QED) is 0.293. The van der Waals surface area contributed by atoms with E-state index in [2.05, 4.69) is 81.1 Å². The number of rotatable bonds is 15. The fourth-order valence-electron chi connectivity index (χ4n) is 6.59. The Balaban J connectivity index is 1.41. The Morgan fingerprint density at radius 1 is 0.854 bits per heavy atom. The first-order valence-electron chi connectivity index (χ1n) is 16.1. The third-order valence-corrected chi connectivity index (χ3v) is 9.23. The van der Waals surface area contributed by atoms with Gasteiger partial charge in [0.15, 0.2) is 0 Å². The smallest absolute Gasteiger partial charge is 0.245 e. The van der Waals surface area contributed by atoms with Crippen molar-refractivity contribution in [3.05, 3.63) is 71.8 Å². The molecule has 1 heterocycles. The topological polar surface area (TPSA) is 64.7 Å². The van der Waals surface area contributed by atoms with Crippen LogP contribution < -0.4 is 10.6 Å². The lowest BCUT2D eigenvalue weighted by Gasteiger charge is -2.37. The second-order valence-corrected chi connectivity index (χ2v) is 12.2. The highest BCUT2D eigenvalue weighted by Gasteiger charge is 2.39. The van der Waals surface area contributed by atoms with Gasteiger partial charge in [-0.25, -0.2) is 0 Å². The molecule has 4 rings (SSSR count). The number of likely N-dealkylation sites (N-methyl/N-ethyl adjacent to an activating group) is 1. The molecule has 1 aliphatic carbocycles. The van der Waals surface area contributed by atoms with Crippen molar-refractivity contribution in [1.82, 2.24) is 20.4 Å². The first-order valence-corrected chi connectivity index (χ1v) is 16.1. The lowest BCUT2D eigenvalue weighted by molar-refractivity contribution is -0.139. The number of carbonyl (C=O) groups is 2. The molecule has 6 heteroatoms. The van der Waals surface area contributed by atoms with Gasteiger partial charge in [-0.3, -0.25) is 9.59 Å². The number of amides is 2. The standard InChI is InChI=1S/C35H52N4O2/c1-28(36-2)34(40)37-33(31-20-10-5-11-21-31)35(41)39-25-14-22-32(39)27-38(26-23-30-17-8-4-9-18-30)24-13-12-19-29-15-6-3-7-16-29/h3-4,6-9,15-18,28,31-33,36H,5,10-14,19-27H2,1-2H3,(H,37,40). The Labute approximate surface area is 248 Å². The van der Waals surface area contributed by atoms with Crippen LogP contribution >= 0.6 is 0 Å². The van der Waals surface area contributed by atoms with Crippen molar-refractivity contribution in [1.29, 1.82) is 0 Å². The van der Waals surface area contributed by atoms with Gasteiger partial charge in [0, 0.05) is 25.7 Å². The highest BCUT2D eigenvalue weighted by molar-refractivity contribution is 5.90. The lowest BCUT2D eigenvalue weighted by Crippen LogP contribution is -2.57. The highest BCUT2D eigenvalue weighted by atomic mass is 16.2. The maximum atomic E-state index is 14.2. The molecule has 0 radical (unpaired) electrons. The van der Waals surface area contributed by atoms with Gasteiger partial charge in [-0.2, -0.15) is 0 Å². The summed E-state index contributed by atoms with van der Waals surface area (Å²) in [4.78, 5) is 31.8. The van der Waals surface area contributed by atoms with Gasteiger partial charge in [-0.1, -0.05) is 79.9 Å². The number of hydrogen-bond donors (Lipinski definition) is 2. The number of likely N-dealkylation sites (tertiary alicyclic amines) is 1. The average Bonchev–Trinajstić information content (AvgIpc) is 3.49.